The van der Waals surface area contributed by atoms with Crippen molar-refractivity contribution in [2.45, 2.75) is 32.4 Å². The third-order valence-electron chi connectivity index (χ3n) is 4.59. The molecule has 22 heavy (non-hydrogen) atoms. The number of hydrogen-bond donors (Lipinski definition) is 1. The maximum Gasteiger partial charge on any atom is 0.253 e. The summed E-state index contributed by atoms with van der Waals surface area (Å²) >= 11 is 5.89. The van der Waals surface area contributed by atoms with Gasteiger partial charge in [-0.25, -0.2) is 0 Å². The second-order valence-corrected chi connectivity index (χ2v) is 6.68. The van der Waals surface area contributed by atoms with Crippen molar-refractivity contribution in [3.63, 3.8) is 0 Å². The Hall–Kier alpha value is -1.10. The average Bonchev–Trinajstić information content (AvgIpc) is 2.49. The van der Waals surface area contributed by atoms with Crippen LogP contribution in [0.15, 0.2) is 24.3 Å². The molecule has 0 aliphatic carbocycles. The second kappa shape index (κ2) is 7.44. The Morgan fingerprint density at radius 1 is 1.41 bits per heavy atom. The lowest BCUT2D eigenvalue weighted by molar-refractivity contribution is -0.0162. The molecule has 0 aromatic heterocycles. The van der Waals surface area contributed by atoms with Crippen LogP contribution >= 0.6 is 11.6 Å². The van der Waals surface area contributed by atoms with E-state index >= 15 is 0 Å². The quantitative estimate of drug-likeness (QED) is 0.874. The van der Waals surface area contributed by atoms with Crippen LogP contribution < -0.4 is 0 Å². The number of benzene rings is 1. The van der Waals surface area contributed by atoms with E-state index in [0.717, 1.165) is 13.0 Å². The van der Waals surface area contributed by atoms with Gasteiger partial charge in [-0.15, -0.1) is 0 Å². The van der Waals surface area contributed by atoms with E-state index in [-0.39, 0.29) is 18.1 Å². The molecule has 2 rings (SSSR count). The van der Waals surface area contributed by atoms with Crippen molar-refractivity contribution < 1.29 is 9.90 Å². The van der Waals surface area contributed by atoms with E-state index < -0.39 is 0 Å². The van der Waals surface area contributed by atoms with Gasteiger partial charge in [0.2, 0.25) is 0 Å². The van der Waals surface area contributed by atoms with Crippen LogP contribution in [0.5, 0.6) is 0 Å². The number of aliphatic hydroxyl groups excluding tert-OH is 1. The molecule has 1 aliphatic heterocycles. The molecule has 2 atom stereocenters. The number of rotatable bonds is 6. The highest BCUT2D eigenvalue weighted by molar-refractivity contribution is 6.30. The number of hydrogen-bond acceptors (Lipinski definition) is 3. The first-order chi connectivity index (χ1) is 10.4. The van der Waals surface area contributed by atoms with Crippen LogP contribution in [-0.2, 0) is 0 Å². The molecular formula is C17H25ClN2O2. The molecule has 1 N–H and O–H groups in total. The Kier molecular flexibility index (Phi) is 5.84. The Bertz CT molecular complexity index is 500. The van der Waals surface area contributed by atoms with Gasteiger partial charge in [0, 0.05) is 43.3 Å². The van der Waals surface area contributed by atoms with Crippen molar-refractivity contribution in [2.24, 2.45) is 5.92 Å². The fourth-order valence-corrected chi connectivity index (χ4v) is 2.99. The Morgan fingerprint density at radius 2 is 2.00 bits per heavy atom. The van der Waals surface area contributed by atoms with E-state index in [0.29, 0.717) is 29.6 Å². The molecule has 0 unspecified atom stereocenters. The molecule has 1 aromatic rings. The van der Waals surface area contributed by atoms with Crippen LogP contribution in [0.4, 0.5) is 0 Å². The fourth-order valence-electron chi connectivity index (χ4n) is 2.86. The van der Waals surface area contributed by atoms with Crippen molar-refractivity contribution in [2.75, 3.05) is 26.7 Å². The molecule has 122 valence electrons. The first kappa shape index (κ1) is 17.3. The molecule has 1 fully saturated rings. The van der Waals surface area contributed by atoms with Gasteiger partial charge in [-0.3, -0.25) is 9.69 Å². The average molecular weight is 325 g/mol. The number of likely N-dealkylation sites (tertiary alicyclic amines) is 1. The van der Waals surface area contributed by atoms with Gasteiger partial charge in [-0.2, -0.15) is 0 Å². The summed E-state index contributed by atoms with van der Waals surface area (Å²) in [6, 6.07) is 7.16. The SMILES string of the molecule is CC[C@H](C)[C@@H](CN1CC(O)C1)N(C)C(=O)c1ccc(Cl)cc1. The van der Waals surface area contributed by atoms with Gasteiger partial charge in [0.1, 0.15) is 0 Å². The number of nitrogens with zero attached hydrogens (tertiary/aromatic N) is 2. The summed E-state index contributed by atoms with van der Waals surface area (Å²) in [6.07, 6.45) is 0.800. The van der Waals surface area contributed by atoms with E-state index in [1.165, 1.54) is 0 Å². The summed E-state index contributed by atoms with van der Waals surface area (Å²) in [4.78, 5) is 16.7. The standard InChI is InChI=1S/C17H25ClN2O2/c1-4-12(2)16(11-20-9-15(21)10-20)19(3)17(22)13-5-7-14(18)8-6-13/h5-8,12,15-16,21H,4,9-11H2,1-3H3/t12-,16+/m0/s1. The van der Waals surface area contributed by atoms with Crippen LogP contribution in [0.3, 0.4) is 0 Å². The maximum atomic E-state index is 12.7. The van der Waals surface area contributed by atoms with Gasteiger partial charge >= 0.3 is 0 Å². The zero-order valence-corrected chi connectivity index (χ0v) is 14.3. The van der Waals surface area contributed by atoms with Gasteiger partial charge in [0.05, 0.1) is 6.10 Å². The molecule has 0 spiro atoms. The number of halogens is 1. The third kappa shape index (κ3) is 4.00. The number of amides is 1. The van der Waals surface area contributed by atoms with Gasteiger partial charge in [-0.05, 0) is 30.2 Å². The lowest BCUT2D eigenvalue weighted by Crippen LogP contribution is -2.57. The van der Waals surface area contributed by atoms with Crippen molar-refractivity contribution in [3.8, 4) is 0 Å². The maximum absolute atomic E-state index is 12.7. The van der Waals surface area contributed by atoms with Crippen LogP contribution in [-0.4, -0.2) is 59.6 Å². The summed E-state index contributed by atoms with van der Waals surface area (Å²) in [5.74, 6) is 0.419. The van der Waals surface area contributed by atoms with Crippen molar-refractivity contribution in [1.29, 1.82) is 0 Å². The van der Waals surface area contributed by atoms with Crippen LogP contribution in [0.2, 0.25) is 5.02 Å². The van der Waals surface area contributed by atoms with Gasteiger partial charge in [0.15, 0.2) is 0 Å². The van der Waals surface area contributed by atoms with E-state index in [2.05, 4.69) is 18.7 Å². The highest BCUT2D eigenvalue weighted by Crippen LogP contribution is 2.20. The lowest BCUT2D eigenvalue weighted by atomic mass is 9.95. The Morgan fingerprint density at radius 3 is 2.50 bits per heavy atom. The highest BCUT2D eigenvalue weighted by Gasteiger charge is 2.32. The normalized spacial score (nSPS) is 18.6. The predicted octanol–water partition coefficient (Wildman–Crippen LogP) is 2.50. The molecule has 5 heteroatoms. The van der Waals surface area contributed by atoms with Gasteiger partial charge in [-0.1, -0.05) is 31.9 Å². The number of β-amino-alcohol motifs (C(OH)–C–C–N with tert-alkyl or cyclic N) is 1. The van der Waals surface area contributed by atoms with E-state index in [9.17, 15) is 9.90 Å². The zero-order chi connectivity index (χ0) is 16.3. The minimum absolute atomic E-state index is 0.0167. The lowest BCUT2D eigenvalue weighted by Gasteiger charge is -2.42. The van der Waals surface area contributed by atoms with Crippen molar-refractivity contribution >= 4 is 17.5 Å². The van der Waals surface area contributed by atoms with E-state index in [1.807, 2.05) is 11.9 Å². The summed E-state index contributed by atoms with van der Waals surface area (Å²) in [7, 11) is 1.87. The molecule has 1 heterocycles. The smallest absolute Gasteiger partial charge is 0.253 e. The molecule has 1 aliphatic rings. The first-order valence-corrected chi connectivity index (χ1v) is 8.23. The molecule has 0 radical (unpaired) electrons. The number of carbonyl (C=O) groups excluding carboxylic acids is 1. The molecule has 1 amide bonds. The summed E-state index contributed by atoms with van der Waals surface area (Å²) in [6.45, 7) is 6.53. The minimum Gasteiger partial charge on any atom is -0.390 e. The zero-order valence-electron chi connectivity index (χ0n) is 13.5. The molecule has 0 saturated carbocycles. The van der Waals surface area contributed by atoms with E-state index in [1.54, 1.807) is 24.3 Å². The number of carbonyl (C=O) groups is 1. The fraction of sp³-hybridized carbons (Fsp3) is 0.588. The Labute approximate surface area is 137 Å². The number of likely N-dealkylation sites (N-methyl/N-ethyl adjacent to an activating group) is 1. The van der Waals surface area contributed by atoms with Gasteiger partial charge < -0.3 is 10.0 Å². The second-order valence-electron chi connectivity index (χ2n) is 6.25. The molecule has 1 aromatic carbocycles. The highest BCUT2D eigenvalue weighted by atomic mass is 35.5. The first-order valence-electron chi connectivity index (χ1n) is 7.85. The van der Waals surface area contributed by atoms with Gasteiger partial charge in [0.25, 0.3) is 5.91 Å². The van der Waals surface area contributed by atoms with Crippen molar-refractivity contribution in [3.05, 3.63) is 34.9 Å². The van der Waals surface area contributed by atoms with Crippen LogP contribution in [0.25, 0.3) is 0 Å². The van der Waals surface area contributed by atoms with Crippen LogP contribution in [0.1, 0.15) is 30.6 Å². The monoisotopic (exact) mass is 324 g/mol. The summed E-state index contributed by atoms with van der Waals surface area (Å²) < 4.78 is 0. The van der Waals surface area contributed by atoms with Crippen LogP contribution in [0, 0.1) is 5.92 Å². The molecule has 1 saturated heterocycles. The minimum atomic E-state index is -0.213. The number of aliphatic hydroxyl groups is 1. The largest absolute Gasteiger partial charge is 0.390 e. The molecule has 4 nitrogen and oxygen atoms in total. The van der Waals surface area contributed by atoms with Crippen molar-refractivity contribution in [1.82, 2.24) is 9.80 Å². The summed E-state index contributed by atoms with van der Waals surface area (Å²) in [5.41, 5.74) is 0.656. The molecular weight excluding hydrogens is 300 g/mol. The van der Waals surface area contributed by atoms with E-state index in [4.69, 9.17) is 11.6 Å². The molecule has 0 bridgehead atoms. The topological polar surface area (TPSA) is 43.8 Å². The predicted molar refractivity (Wildman–Crippen MR) is 89.2 cm³/mol. The summed E-state index contributed by atoms with van der Waals surface area (Å²) in [5, 5.41) is 10.1. The Balaban J connectivity index is 2.08. The third-order valence-corrected chi connectivity index (χ3v) is 4.84.